The summed E-state index contributed by atoms with van der Waals surface area (Å²) in [4.78, 5) is 4.24. The largest absolute Gasteiger partial charge is 0.469 e. The van der Waals surface area contributed by atoms with E-state index in [1.807, 2.05) is 12.3 Å². The van der Waals surface area contributed by atoms with Gasteiger partial charge < -0.3 is 10.1 Å². The highest BCUT2D eigenvalue weighted by molar-refractivity contribution is 5.54. The summed E-state index contributed by atoms with van der Waals surface area (Å²) in [6.07, 6.45) is 1.89. The summed E-state index contributed by atoms with van der Waals surface area (Å²) < 4.78 is 5.32. The molecule has 3 heteroatoms. The SMILES string of the molecule is CC(C)c1cnc2c(c1)OCN2. The first-order valence-corrected chi connectivity index (χ1v) is 4.14. The molecule has 12 heavy (non-hydrogen) atoms. The van der Waals surface area contributed by atoms with Gasteiger partial charge in [0.2, 0.25) is 0 Å². The summed E-state index contributed by atoms with van der Waals surface area (Å²) in [5.41, 5.74) is 1.22. The van der Waals surface area contributed by atoms with Crippen molar-refractivity contribution >= 4 is 5.82 Å². The van der Waals surface area contributed by atoms with E-state index in [2.05, 4.69) is 24.1 Å². The molecular formula is C9H12N2O. The van der Waals surface area contributed by atoms with Crippen LogP contribution >= 0.6 is 0 Å². The minimum atomic E-state index is 0.506. The van der Waals surface area contributed by atoms with Crippen molar-refractivity contribution in [3.05, 3.63) is 17.8 Å². The molecule has 0 aromatic carbocycles. The number of nitrogens with zero attached hydrogens (tertiary/aromatic N) is 1. The van der Waals surface area contributed by atoms with E-state index >= 15 is 0 Å². The molecule has 0 unspecified atom stereocenters. The average Bonchev–Trinajstić information content (AvgIpc) is 2.49. The molecule has 0 saturated heterocycles. The molecule has 64 valence electrons. The fraction of sp³-hybridized carbons (Fsp3) is 0.444. The summed E-state index contributed by atoms with van der Waals surface area (Å²) in [5.74, 6) is 2.24. The van der Waals surface area contributed by atoms with E-state index < -0.39 is 0 Å². The first kappa shape index (κ1) is 7.40. The number of pyridine rings is 1. The van der Waals surface area contributed by atoms with E-state index in [1.54, 1.807) is 0 Å². The molecule has 1 aliphatic heterocycles. The Morgan fingerprint density at radius 3 is 3.17 bits per heavy atom. The average molecular weight is 164 g/mol. The second kappa shape index (κ2) is 2.66. The van der Waals surface area contributed by atoms with Gasteiger partial charge in [-0.25, -0.2) is 4.98 Å². The summed E-state index contributed by atoms with van der Waals surface area (Å²) in [6.45, 7) is 4.83. The lowest BCUT2D eigenvalue weighted by Crippen LogP contribution is -1.97. The standard InChI is InChI=1S/C9H12N2O/c1-6(2)7-3-8-9(10-4-7)11-5-12-8/h3-4,6H,5H2,1-2H3,(H,10,11). The molecule has 0 amide bonds. The number of nitrogens with one attached hydrogen (secondary N) is 1. The lowest BCUT2D eigenvalue weighted by molar-refractivity contribution is 0.372. The first-order valence-electron chi connectivity index (χ1n) is 4.14. The van der Waals surface area contributed by atoms with Crippen molar-refractivity contribution < 1.29 is 4.74 Å². The highest BCUT2D eigenvalue weighted by Crippen LogP contribution is 2.29. The van der Waals surface area contributed by atoms with E-state index in [0.717, 1.165) is 11.6 Å². The lowest BCUT2D eigenvalue weighted by Gasteiger charge is -2.05. The van der Waals surface area contributed by atoms with Gasteiger partial charge in [0.25, 0.3) is 0 Å². The van der Waals surface area contributed by atoms with E-state index in [4.69, 9.17) is 4.74 Å². The molecule has 1 aromatic heterocycles. The van der Waals surface area contributed by atoms with E-state index in [-0.39, 0.29) is 0 Å². The van der Waals surface area contributed by atoms with Crippen LogP contribution in [0.1, 0.15) is 25.3 Å². The van der Waals surface area contributed by atoms with Crippen molar-refractivity contribution in [3.8, 4) is 5.75 Å². The maximum Gasteiger partial charge on any atom is 0.171 e. The molecule has 0 aliphatic carbocycles. The Kier molecular flexibility index (Phi) is 1.64. The Hall–Kier alpha value is -1.25. The van der Waals surface area contributed by atoms with Crippen LogP contribution in [0.3, 0.4) is 0 Å². The fourth-order valence-electron chi connectivity index (χ4n) is 1.20. The topological polar surface area (TPSA) is 34.1 Å². The molecule has 1 aliphatic rings. The summed E-state index contributed by atoms with van der Waals surface area (Å²) in [5, 5.41) is 3.03. The van der Waals surface area contributed by atoms with Crippen LogP contribution in [0.2, 0.25) is 0 Å². The number of hydrogen-bond donors (Lipinski definition) is 1. The second-order valence-corrected chi connectivity index (χ2v) is 3.24. The van der Waals surface area contributed by atoms with Crippen LogP contribution in [-0.4, -0.2) is 11.7 Å². The van der Waals surface area contributed by atoms with Gasteiger partial charge >= 0.3 is 0 Å². The third-order valence-corrected chi connectivity index (χ3v) is 2.01. The monoisotopic (exact) mass is 164 g/mol. The molecule has 1 aromatic rings. The summed E-state index contributed by atoms with van der Waals surface area (Å²) in [7, 11) is 0. The molecule has 0 saturated carbocycles. The zero-order valence-corrected chi connectivity index (χ0v) is 7.29. The van der Waals surface area contributed by atoms with Gasteiger partial charge in [0, 0.05) is 6.20 Å². The minimum Gasteiger partial charge on any atom is -0.469 e. The van der Waals surface area contributed by atoms with Gasteiger partial charge in [-0.1, -0.05) is 13.8 Å². The molecule has 0 bridgehead atoms. The smallest absolute Gasteiger partial charge is 0.171 e. The zero-order valence-electron chi connectivity index (χ0n) is 7.29. The third kappa shape index (κ3) is 1.11. The van der Waals surface area contributed by atoms with Crippen molar-refractivity contribution in [3.63, 3.8) is 0 Å². The molecule has 1 N–H and O–H groups in total. The van der Waals surface area contributed by atoms with Gasteiger partial charge in [-0.2, -0.15) is 0 Å². The van der Waals surface area contributed by atoms with Crippen LogP contribution in [0, 0.1) is 0 Å². The molecule has 2 heterocycles. The van der Waals surface area contributed by atoms with Gasteiger partial charge in [0.15, 0.2) is 18.3 Å². The Morgan fingerprint density at radius 1 is 1.58 bits per heavy atom. The zero-order chi connectivity index (χ0) is 8.55. The second-order valence-electron chi connectivity index (χ2n) is 3.24. The van der Waals surface area contributed by atoms with Gasteiger partial charge in [-0.3, -0.25) is 0 Å². The maximum atomic E-state index is 5.32. The molecule has 3 nitrogen and oxygen atoms in total. The number of ether oxygens (including phenoxy) is 1. The number of fused-ring (bicyclic) bond motifs is 1. The number of aromatic nitrogens is 1. The van der Waals surface area contributed by atoms with Crippen LogP contribution in [0.15, 0.2) is 12.3 Å². The predicted molar refractivity (Wildman–Crippen MR) is 47.4 cm³/mol. The lowest BCUT2D eigenvalue weighted by atomic mass is 10.1. The van der Waals surface area contributed by atoms with Crippen LogP contribution in [0.5, 0.6) is 5.75 Å². The summed E-state index contributed by atoms with van der Waals surface area (Å²) in [6, 6.07) is 2.05. The third-order valence-electron chi connectivity index (χ3n) is 2.01. The van der Waals surface area contributed by atoms with Crippen LogP contribution < -0.4 is 10.1 Å². The molecule has 2 rings (SSSR count). The Bertz CT molecular complexity index is 297. The van der Waals surface area contributed by atoms with Crippen molar-refractivity contribution in [1.29, 1.82) is 0 Å². The highest BCUT2D eigenvalue weighted by Gasteiger charge is 2.13. The molecule has 0 spiro atoms. The number of anilines is 1. The van der Waals surface area contributed by atoms with Crippen LogP contribution in [0.25, 0.3) is 0 Å². The van der Waals surface area contributed by atoms with Gasteiger partial charge in [-0.05, 0) is 17.5 Å². The van der Waals surface area contributed by atoms with E-state index in [9.17, 15) is 0 Å². The van der Waals surface area contributed by atoms with Crippen molar-refractivity contribution in [2.45, 2.75) is 19.8 Å². The van der Waals surface area contributed by atoms with Crippen molar-refractivity contribution in [2.75, 3.05) is 12.0 Å². The highest BCUT2D eigenvalue weighted by atomic mass is 16.5. The Labute approximate surface area is 71.8 Å². The molecule has 0 radical (unpaired) electrons. The normalized spacial score (nSPS) is 13.9. The molecule has 0 fully saturated rings. The van der Waals surface area contributed by atoms with Crippen LogP contribution in [-0.2, 0) is 0 Å². The fourth-order valence-corrected chi connectivity index (χ4v) is 1.20. The van der Waals surface area contributed by atoms with Gasteiger partial charge in [-0.15, -0.1) is 0 Å². The minimum absolute atomic E-state index is 0.506. The Balaban J connectivity index is 2.39. The van der Waals surface area contributed by atoms with Crippen molar-refractivity contribution in [1.82, 2.24) is 4.98 Å². The van der Waals surface area contributed by atoms with E-state index in [0.29, 0.717) is 12.6 Å². The first-order chi connectivity index (χ1) is 5.77. The van der Waals surface area contributed by atoms with Gasteiger partial charge in [0.05, 0.1) is 0 Å². The van der Waals surface area contributed by atoms with Crippen LogP contribution in [0.4, 0.5) is 5.82 Å². The maximum absolute atomic E-state index is 5.32. The number of hydrogen-bond acceptors (Lipinski definition) is 3. The predicted octanol–water partition coefficient (Wildman–Crippen LogP) is 1.97. The molecule has 0 atom stereocenters. The molecular weight excluding hydrogens is 152 g/mol. The Morgan fingerprint density at radius 2 is 2.42 bits per heavy atom. The summed E-state index contributed by atoms with van der Waals surface area (Å²) >= 11 is 0. The van der Waals surface area contributed by atoms with Crippen molar-refractivity contribution in [2.24, 2.45) is 0 Å². The van der Waals surface area contributed by atoms with Gasteiger partial charge in [0.1, 0.15) is 0 Å². The van der Waals surface area contributed by atoms with E-state index in [1.165, 1.54) is 5.56 Å². The number of rotatable bonds is 1. The quantitative estimate of drug-likeness (QED) is 0.689.